The van der Waals surface area contributed by atoms with Crippen LogP contribution in [0.1, 0.15) is 72.6 Å². The second-order valence-electron chi connectivity index (χ2n) is 7.18. The summed E-state index contributed by atoms with van der Waals surface area (Å²) in [6.45, 7) is 8.65. The Bertz CT molecular complexity index is 282. The molecule has 106 valence electrons. The van der Waals surface area contributed by atoms with Gasteiger partial charge < -0.3 is 5.11 Å². The van der Waals surface area contributed by atoms with Gasteiger partial charge in [-0.1, -0.05) is 19.3 Å². The smallest absolute Gasteiger partial charge is 0.0793 e. The summed E-state index contributed by atoms with van der Waals surface area (Å²) in [6.07, 6.45) is 8.14. The van der Waals surface area contributed by atoms with Gasteiger partial charge in [0.1, 0.15) is 0 Å². The molecule has 0 aromatic rings. The van der Waals surface area contributed by atoms with Crippen molar-refractivity contribution in [2.75, 3.05) is 0 Å². The molecule has 1 atom stereocenters. The van der Waals surface area contributed by atoms with Crippen molar-refractivity contribution < 1.29 is 9.94 Å². The molecule has 1 unspecified atom stereocenters. The molecule has 0 amide bonds. The van der Waals surface area contributed by atoms with Gasteiger partial charge >= 0.3 is 0 Å². The molecule has 0 spiro atoms. The van der Waals surface area contributed by atoms with E-state index in [1.807, 2.05) is 0 Å². The second-order valence-corrected chi connectivity index (χ2v) is 7.18. The number of hydroxylamine groups is 2. The van der Waals surface area contributed by atoms with E-state index in [-0.39, 0.29) is 17.2 Å². The molecule has 2 aliphatic rings. The molecule has 0 aromatic heterocycles. The molecule has 1 N–H and O–H groups in total. The lowest BCUT2D eigenvalue weighted by Crippen LogP contribution is -2.65. The zero-order valence-electron chi connectivity index (χ0n) is 12.4. The van der Waals surface area contributed by atoms with E-state index in [1.54, 1.807) is 0 Å². The van der Waals surface area contributed by atoms with Crippen LogP contribution in [0.5, 0.6) is 0 Å². The minimum absolute atomic E-state index is 0.0141. The van der Waals surface area contributed by atoms with Crippen molar-refractivity contribution in [1.82, 2.24) is 5.06 Å². The van der Waals surface area contributed by atoms with Crippen LogP contribution in [0.15, 0.2) is 0 Å². The summed E-state index contributed by atoms with van der Waals surface area (Å²) in [4.78, 5) is 6.31. The van der Waals surface area contributed by atoms with Gasteiger partial charge in [0.05, 0.1) is 17.7 Å². The number of nitrogens with zero attached hydrogens (tertiary/aromatic N) is 1. The largest absolute Gasteiger partial charge is 0.391 e. The van der Waals surface area contributed by atoms with Crippen molar-refractivity contribution in [3.05, 3.63) is 0 Å². The topological polar surface area (TPSA) is 32.7 Å². The summed E-state index contributed by atoms with van der Waals surface area (Å²) in [6, 6.07) is 0. The molecule has 1 saturated heterocycles. The average Bonchev–Trinajstić information content (AvgIpc) is 2.32. The number of aliphatic hydroxyl groups is 1. The molecular formula is C15H29NO2. The summed E-state index contributed by atoms with van der Waals surface area (Å²) in [5.74, 6) is 0. The highest BCUT2D eigenvalue weighted by Gasteiger charge is 2.48. The molecule has 2 rings (SSSR count). The maximum absolute atomic E-state index is 10.2. The van der Waals surface area contributed by atoms with E-state index in [2.05, 4.69) is 32.8 Å². The molecule has 0 bridgehead atoms. The molecule has 1 aliphatic carbocycles. The van der Waals surface area contributed by atoms with E-state index in [0.29, 0.717) is 6.10 Å². The lowest BCUT2D eigenvalue weighted by atomic mass is 9.80. The molecule has 1 saturated carbocycles. The summed E-state index contributed by atoms with van der Waals surface area (Å²) >= 11 is 0. The van der Waals surface area contributed by atoms with Crippen LogP contribution >= 0.6 is 0 Å². The first-order valence-corrected chi connectivity index (χ1v) is 7.49. The van der Waals surface area contributed by atoms with Crippen LogP contribution in [0.25, 0.3) is 0 Å². The average molecular weight is 255 g/mol. The fourth-order valence-electron chi connectivity index (χ4n) is 3.46. The molecule has 0 radical (unpaired) electrons. The molecule has 0 aromatic carbocycles. The second kappa shape index (κ2) is 5.10. The van der Waals surface area contributed by atoms with Gasteiger partial charge in [-0.2, -0.15) is 5.06 Å². The van der Waals surface area contributed by atoms with Crippen LogP contribution in [-0.2, 0) is 4.84 Å². The first-order valence-electron chi connectivity index (χ1n) is 7.49. The van der Waals surface area contributed by atoms with Gasteiger partial charge in [-0.25, -0.2) is 0 Å². The Balaban J connectivity index is 2.09. The van der Waals surface area contributed by atoms with E-state index in [1.165, 1.54) is 32.1 Å². The van der Waals surface area contributed by atoms with Crippen LogP contribution in [0.2, 0.25) is 0 Å². The first-order chi connectivity index (χ1) is 8.34. The first kappa shape index (κ1) is 14.3. The van der Waals surface area contributed by atoms with Crippen molar-refractivity contribution in [3.8, 4) is 0 Å². The van der Waals surface area contributed by atoms with Crippen molar-refractivity contribution in [3.63, 3.8) is 0 Å². The third-order valence-corrected chi connectivity index (χ3v) is 4.72. The lowest BCUT2D eigenvalue weighted by molar-refractivity contribution is -0.326. The van der Waals surface area contributed by atoms with Gasteiger partial charge in [-0.3, -0.25) is 4.84 Å². The van der Waals surface area contributed by atoms with Gasteiger partial charge in [-0.15, -0.1) is 0 Å². The minimum Gasteiger partial charge on any atom is -0.391 e. The maximum Gasteiger partial charge on any atom is 0.0793 e. The summed E-state index contributed by atoms with van der Waals surface area (Å²) < 4.78 is 0. The Kier molecular flexibility index (Phi) is 4.05. The van der Waals surface area contributed by atoms with Crippen molar-refractivity contribution >= 4 is 0 Å². The maximum atomic E-state index is 10.2. The monoisotopic (exact) mass is 255 g/mol. The highest BCUT2D eigenvalue weighted by molar-refractivity contribution is 4.98. The number of aliphatic hydroxyl groups excluding tert-OH is 1. The van der Waals surface area contributed by atoms with Crippen molar-refractivity contribution in [1.29, 1.82) is 0 Å². The zero-order valence-corrected chi connectivity index (χ0v) is 12.4. The Morgan fingerprint density at radius 2 is 1.61 bits per heavy atom. The number of hydrogen-bond acceptors (Lipinski definition) is 3. The molecule has 1 aliphatic heterocycles. The van der Waals surface area contributed by atoms with Crippen LogP contribution in [0.4, 0.5) is 0 Å². The molecule has 2 fully saturated rings. The van der Waals surface area contributed by atoms with E-state index in [9.17, 15) is 5.11 Å². The Morgan fingerprint density at radius 1 is 1.00 bits per heavy atom. The fraction of sp³-hybridized carbons (Fsp3) is 1.00. The molecule has 1 heterocycles. The molecular weight excluding hydrogens is 226 g/mol. The predicted octanol–water partition coefficient (Wildman–Crippen LogP) is 3.26. The molecule has 3 heteroatoms. The van der Waals surface area contributed by atoms with E-state index in [4.69, 9.17) is 4.84 Å². The van der Waals surface area contributed by atoms with E-state index < -0.39 is 0 Å². The SMILES string of the molecule is CC1(C)CCC(O)C(C)(C)N1OC1CCCCC1. The van der Waals surface area contributed by atoms with Crippen LogP contribution in [0.3, 0.4) is 0 Å². The predicted molar refractivity (Wildman–Crippen MR) is 73.2 cm³/mol. The van der Waals surface area contributed by atoms with Gasteiger partial charge in [0.2, 0.25) is 0 Å². The Labute approximate surface area is 111 Å². The normalized spacial score (nSPS) is 33.5. The van der Waals surface area contributed by atoms with Gasteiger partial charge in [0, 0.05) is 5.54 Å². The third kappa shape index (κ3) is 2.73. The van der Waals surface area contributed by atoms with Gasteiger partial charge in [-0.05, 0) is 53.4 Å². The number of rotatable bonds is 2. The minimum atomic E-state index is -0.297. The molecule has 18 heavy (non-hydrogen) atoms. The lowest BCUT2D eigenvalue weighted by Gasteiger charge is -2.54. The van der Waals surface area contributed by atoms with Gasteiger partial charge in [0.25, 0.3) is 0 Å². The summed E-state index contributed by atoms with van der Waals surface area (Å²) in [5.41, 5.74) is -0.278. The number of hydrogen-bond donors (Lipinski definition) is 1. The quantitative estimate of drug-likeness (QED) is 0.822. The van der Waals surface area contributed by atoms with E-state index in [0.717, 1.165) is 12.8 Å². The summed E-state index contributed by atoms with van der Waals surface area (Å²) in [5, 5.41) is 12.3. The number of piperidine rings is 1. The van der Waals surface area contributed by atoms with Gasteiger partial charge in [0.15, 0.2) is 0 Å². The highest BCUT2D eigenvalue weighted by Crippen LogP contribution is 2.40. The Hall–Kier alpha value is -0.120. The summed E-state index contributed by atoms with van der Waals surface area (Å²) in [7, 11) is 0. The zero-order chi connectivity index (χ0) is 13.4. The van der Waals surface area contributed by atoms with Crippen molar-refractivity contribution in [2.45, 2.75) is 95.9 Å². The van der Waals surface area contributed by atoms with Crippen LogP contribution < -0.4 is 0 Å². The fourth-order valence-corrected chi connectivity index (χ4v) is 3.46. The highest BCUT2D eigenvalue weighted by atomic mass is 16.7. The van der Waals surface area contributed by atoms with Crippen LogP contribution in [0, 0.1) is 0 Å². The standard InChI is InChI=1S/C15H29NO2/c1-14(2)11-10-13(17)15(3,4)16(14)18-12-8-6-5-7-9-12/h12-13,17H,5-11H2,1-4H3. The van der Waals surface area contributed by atoms with Crippen molar-refractivity contribution in [2.24, 2.45) is 0 Å². The third-order valence-electron chi connectivity index (χ3n) is 4.72. The Morgan fingerprint density at radius 3 is 2.22 bits per heavy atom. The molecule has 3 nitrogen and oxygen atoms in total. The van der Waals surface area contributed by atoms with E-state index >= 15 is 0 Å². The van der Waals surface area contributed by atoms with Crippen LogP contribution in [-0.4, -0.2) is 33.5 Å².